The van der Waals surface area contributed by atoms with E-state index < -0.39 is 0 Å². The molecule has 0 unspecified atom stereocenters. The maximum Gasteiger partial charge on any atom is 0.232 e. The maximum absolute atomic E-state index is 4.82. The van der Waals surface area contributed by atoms with Crippen molar-refractivity contribution in [1.82, 2.24) is 24.3 Å². The summed E-state index contributed by atoms with van der Waals surface area (Å²) in [7, 11) is 0. The number of anilines is 5. The van der Waals surface area contributed by atoms with Gasteiger partial charge in [0.25, 0.3) is 0 Å². The lowest BCUT2D eigenvalue weighted by Gasteiger charge is -2.22. The van der Waals surface area contributed by atoms with Gasteiger partial charge in [0, 0.05) is 58.6 Å². The summed E-state index contributed by atoms with van der Waals surface area (Å²) in [6, 6.07) is 10.1. The summed E-state index contributed by atoms with van der Waals surface area (Å²) < 4.78 is 1.97. The van der Waals surface area contributed by atoms with Crippen LogP contribution in [0.15, 0.2) is 55.1 Å². The summed E-state index contributed by atoms with van der Waals surface area (Å²) in [6.07, 6.45) is 9.60. The van der Waals surface area contributed by atoms with Crippen molar-refractivity contribution >= 4 is 34.7 Å². The van der Waals surface area contributed by atoms with Crippen LogP contribution in [-0.2, 0) is 6.42 Å². The smallest absolute Gasteiger partial charge is 0.232 e. The van der Waals surface area contributed by atoms with Gasteiger partial charge in [-0.05, 0) is 42.0 Å². The van der Waals surface area contributed by atoms with Crippen LogP contribution in [0, 0.1) is 5.41 Å². The number of hydrogen-bond donors (Lipinski definition) is 2. The third-order valence-corrected chi connectivity index (χ3v) is 5.86. The molecule has 0 bridgehead atoms. The zero-order chi connectivity index (χ0) is 22.1. The number of hydrogen-bond acceptors (Lipinski definition) is 7. The van der Waals surface area contributed by atoms with E-state index in [1.54, 1.807) is 6.20 Å². The van der Waals surface area contributed by atoms with E-state index in [0.717, 1.165) is 54.7 Å². The van der Waals surface area contributed by atoms with Gasteiger partial charge in [-0.1, -0.05) is 20.8 Å². The van der Waals surface area contributed by atoms with Crippen LogP contribution in [0.3, 0.4) is 0 Å². The van der Waals surface area contributed by atoms with Gasteiger partial charge in [0.15, 0.2) is 0 Å². The second-order valence-electron chi connectivity index (χ2n) is 9.03. The third-order valence-electron chi connectivity index (χ3n) is 5.86. The monoisotopic (exact) mass is 432 g/mol. The van der Waals surface area contributed by atoms with Crippen molar-refractivity contribution in [2.75, 3.05) is 28.6 Å². The molecule has 4 aromatic heterocycles. The number of nitrogens with one attached hydrogen (secondary N) is 2. The van der Waals surface area contributed by atoms with E-state index in [1.165, 1.54) is 5.56 Å². The first kappa shape index (κ1) is 20.2. The van der Waals surface area contributed by atoms with E-state index in [1.807, 2.05) is 53.3 Å². The van der Waals surface area contributed by atoms with Crippen molar-refractivity contribution in [1.29, 1.82) is 0 Å². The molecule has 8 nitrogen and oxygen atoms in total. The molecular weight excluding hydrogens is 400 g/mol. The van der Waals surface area contributed by atoms with Gasteiger partial charge in [-0.2, -0.15) is 9.97 Å². The van der Waals surface area contributed by atoms with Crippen LogP contribution in [0.5, 0.6) is 0 Å². The number of fused-ring (bicyclic) bond motifs is 1. The van der Waals surface area contributed by atoms with Gasteiger partial charge in [-0.3, -0.25) is 0 Å². The van der Waals surface area contributed by atoms with Gasteiger partial charge in [0.05, 0.1) is 0 Å². The molecule has 1 fully saturated rings. The second-order valence-corrected chi connectivity index (χ2v) is 9.03. The molecule has 0 saturated carbocycles. The van der Waals surface area contributed by atoms with Gasteiger partial charge in [-0.15, -0.1) is 0 Å². The van der Waals surface area contributed by atoms with E-state index in [-0.39, 0.29) is 8.27 Å². The zero-order valence-electron chi connectivity index (χ0n) is 18.7. The number of aromatic nitrogens is 5. The van der Waals surface area contributed by atoms with Crippen molar-refractivity contribution in [3.8, 4) is 0 Å². The molecule has 1 aliphatic heterocycles. The van der Waals surface area contributed by atoms with Gasteiger partial charge in [-0.25, -0.2) is 9.97 Å². The van der Waals surface area contributed by atoms with E-state index >= 15 is 0 Å². The Hall–Kier alpha value is -3.68. The Kier molecular flexibility index (Phi) is 5.13. The fourth-order valence-corrected chi connectivity index (χ4v) is 4.04. The zero-order valence-corrected chi connectivity index (χ0v) is 18.7. The predicted octanol–water partition coefficient (Wildman–Crippen LogP) is 5.30. The molecule has 0 atom stereocenters. The standard InChI is InChI=1S/C24H28N8.2H2/c1-4-17-5-8-25-19(13-17)28-23-29-20(15-22(30-23)32-11-7-24(2,3)16-32)27-18-6-10-31-12-9-26-21(31)14-18;;/h5-6,8-10,12-15H,4,7,11,16H2,1-3H3,(H2,25,27,28,29,30);2*1H. The molecule has 32 heavy (non-hydrogen) atoms. The van der Waals surface area contributed by atoms with E-state index in [2.05, 4.69) is 46.3 Å². The first-order chi connectivity index (χ1) is 15.5. The van der Waals surface area contributed by atoms with E-state index in [9.17, 15) is 0 Å². The average molecular weight is 433 g/mol. The topological polar surface area (TPSA) is 83.3 Å². The molecule has 0 spiro atoms. The lowest BCUT2D eigenvalue weighted by atomic mass is 9.93. The SMILES string of the molecule is CCc1ccnc(Nc2nc(Nc3ccn4ccnc4c3)cc(N3CCC(C)(C)C3)n2)c1.[HH].[HH]. The van der Waals surface area contributed by atoms with Crippen molar-refractivity contribution in [2.24, 2.45) is 5.41 Å². The van der Waals surface area contributed by atoms with Crippen LogP contribution in [0.25, 0.3) is 5.65 Å². The summed E-state index contributed by atoms with van der Waals surface area (Å²) >= 11 is 0. The summed E-state index contributed by atoms with van der Waals surface area (Å²) in [4.78, 5) is 20.7. The van der Waals surface area contributed by atoms with E-state index in [4.69, 9.17) is 9.97 Å². The minimum absolute atomic E-state index is 0. The molecule has 2 N–H and O–H groups in total. The Labute approximate surface area is 190 Å². The van der Waals surface area contributed by atoms with E-state index in [0.29, 0.717) is 5.95 Å². The van der Waals surface area contributed by atoms with Crippen molar-refractivity contribution < 1.29 is 2.85 Å². The minimum Gasteiger partial charge on any atom is -0.356 e. The molecule has 5 rings (SSSR count). The van der Waals surface area contributed by atoms with Crippen molar-refractivity contribution in [2.45, 2.75) is 33.6 Å². The summed E-state index contributed by atoms with van der Waals surface area (Å²) in [5.41, 5.74) is 3.29. The Balaban J connectivity index is 0.00000162. The quantitative estimate of drug-likeness (QED) is 0.428. The van der Waals surface area contributed by atoms with Crippen LogP contribution in [0.1, 0.15) is 35.6 Å². The highest BCUT2D eigenvalue weighted by molar-refractivity contribution is 5.66. The predicted molar refractivity (Wildman–Crippen MR) is 132 cm³/mol. The molecule has 4 aromatic rings. The Bertz CT molecular complexity index is 1260. The third kappa shape index (κ3) is 4.34. The minimum atomic E-state index is 0. The largest absolute Gasteiger partial charge is 0.356 e. The number of rotatable bonds is 6. The van der Waals surface area contributed by atoms with Gasteiger partial charge in [0.2, 0.25) is 5.95 Å². The molecule has 0 amide bonds. The van der Waals surface area contributed by atoms with Gasteiger partial charge in [0.1, 0.15) is 23.1 Å². The highest BCUT2D eigenvalue weighted by Crippen LogP contribution is 2.33. The van der Waals surface area contributed by atoms with Crippen LogP contribution < -0.4 is 15.5 Å². The van der Waals surface area contributed by atoms with Crippen LogP contribution in [0.2, 0.25) is 0 Å². The first-order valence-electron chi connectivity index (χ1n) is 11.0. The molecule has 0 aromatic carbocycles. The average Bonchev–Trinajstić information content (AvgIpc) is 3.39. The maximum atomic E-state index is 4.82. The Morgan fingerprint density at radius 3 is 2.72 bits per heavy atom. The number of pyridine rings is 2. The first-order valence-corrected chi connectivity index (χ1v) is 11.0. The van der Waals surface area contributed by atoms with Crippen molar-refractivity contribution in [3.63, 3.8) is 0 Å². The lowest BCUT2D eigenvalue weighted by Crippen LogP contribution is -2.24. The molecular formula is C24H32N8. The second kappa shape index (κ2) is 8.11. The molecule has 0 aliphatic carbocycles. The molecule has 1 saturated heterocycles. The highest BCUT2D eigenvalue weighted by atomic mass is 15.3. The molecule has 168 valence electrons. The lowest BCUT2D eigenvalue weighted by molar-refractivity contribution is 0.418. The van der Waals surface area contributed by atoms with Gasteiger partial charge < -0.3 is 19.9 Å². The Morgan fingerprint density at radius 1 is 1.00 bits per heavy atom. The fraction of sp³-hybridized carbons (Fsp3) is 0.333. The van der Waals surface area contributed by atoms with Gasteiger partial charge >= 0.3 is 0 Å². The summed E-state index contributed by atoms with van der Waals surface area (Å²) in [6.45, 7) is 8.67. The van der Waals surface area contributed by atoms with Crippen molar-refractivity contribution in [3.05, 3.63) is 60.7 Å². The van der Waals surface area contributed by atoms with Crippen LogP contribution >= 0.6 is 0 Å². The summed E-state index contributed by atoms with van der Waals surface area (Å²) in [5.74, 6) is 2.90. The number of aryl methyl sites for hydroxylation is 1. The molecule has 1 aliphatic rings. The molecule has 0 radical (unpaired) electrons. The van der Waals surface area contributed by atoms with Crippen LogP contribution in [-0.4, -0.2) is 37.4 Å². The molecule has 8 heteroatoms. The fourth-order valence-electron chi connectivity index (χ4n) is 4.04. The normalized spacial score (nSPS) is 15.3. The summed E-state index contributed by atoms with van der Waals surface area (Å²) in [5, 5.41) is 6.73. The number of imidazole rings is 1. The highest BCUT2D eigenvalue weighted by Gasteiger charge is 2.30. The molecule has 5 heterocycles. The number of nitrogens with zero attached hydrogens (tertiary/aromatic N) is 6. The Morgan fingerprint density at radius 2 is 1.91 bits per heavy atom. The van der Waals surface area contributed by atoms with Crippen LogP contribution in [0.4, 0.5) is 29.1 Å².